The van der Waals surface area contributed by atoms with Crippen molar-refractivity contribution in [3.63, 3.8) is 0 Å². The maximum Gasteiger partial charge on any atom is 0.253 e. The summed E-state index contributed by atoms with van der Waals surface area (Å²) in [6.45, 7) is 1.25. The van der Waals surface area contributed by atoms with E-state index in [2.05, 4.69) is 10.0 Å². The van der Waals surface area contributed by atoms with E-state index in [0.29, 0.717) is 37.2 Å². The Balaban J connectivity index is 1.51. The van der Waals surface area contributed by atoms with Gasteiger partial charge in [-0.25, -0.2) is 4.39 Å². The average Bonchev–Trinajstić information content (AvgIpc) is 2.78. The van der Waals surface area contributed by atoms with Gasteiger partial charge in [0, 0.05) is 18.7 Å². The molecule has 0 aromatic heterocycles. The molecule has 8 heteroatoms. The first kappa shape index (κ1) is 18.1. The zero-order chi connectivity index (χ0) is 19.1. The van der Waals surface area contributed by atoms with Crippen molar-refractivity contribution < 1.29 is 17.9 Å². The second-order valence-electron chi connectivity index (χ2n) is 7.03. The largest absolute Gasteiger partial charge is 0.593 e. The molecular formula is C19H20FN3O3S. The number of nitrogens with zero attached hydrogens (tertiary/aromatic N) is 1. The summed E-state index contributed by atoms with van der Waals surface area (Å²) >= 11 is 0. The number of hydrogen-bond acceptors (Lipinski definition) is 4. The third-order valence-corrected chi connectivity index (χ3v) is 6.74. The Bertz CT molecular complexity index is 911. The zero-order valence-electron chi connectivity index (χ0n) is 14.6. The summed E-state index contributed by atoms with van der Waals surface area (Å²) in [5.41, 5.74) is 0.590. The highest BCUT2D eigenvalue weighted by atomic mass is 32.3. The predicted molar refractivity (Wildman–Crippen MR) is 99.4 cm³/mol. The number of para-hydroxylation sites is 1. The van der Waals surface area contributed by atoms with E-state index in [0.717, 1.165) is 0 Å². The van der Waals surface area contributed by atoms with Crippen LogP contribution in [0.15, 0.2) is 53.4 Å². The number of anilines is 1. The summed E-state index contributed by atoms with van der Waals surface area (Å²) in [6, 6.07) is 12.4. The van der Waals surface area contributed by atoms with Crippen LogP contribution in [0, 0.1) is 5.82 Å². The Hall–Kier alpha value is -2.29. The van der Waals surface area contributed by atoms with Crippen molar-refractivity contribution in [1.82, 2.24) is 9.62 Å². The molecule has 1 spiro atoms. The quantitative estimate of drug-likeness (QED) is 0.734. The van der Waals surface area contributed by atoms with Gasteiger partial charge in [-0.05, 0) is 49.2 Å². The molecule has 1 fully saturated rings. The molecule has 6 nitrogen and oxygen atoms in total. The fraction of sp³-hybridized carbons (Fsp3) is 0.316. The zero-order valence-corrected chi connectivity index (χ0v) is 15.4. The number of likely N-dealkylation sites (tertiary alicyclic amines) is 1. The molecule has 0 aliphatic carbocycles. The minimum Gasteiger partial charge on any atom is -0.593 e. The first-order valence-corrected chi connectivity index (χ1v) is 10.3. The van der Waals surface area contributed by atoms with Gasteiger partial charge in [0.25, 0.3) is 5.91 Å². The van der Waals surface area contributed by atoms with Gasteiger partial charge in [-0.1, -0.05) is 16.3 Å². The molecule has 27 heavy (non-hydrogen) atoms. The van der Waals surface area contributed by atoms with Crippen LogP contribution in [0.2, 0.25) is 0 Å². The van der Waals surface area contributed by atoms with Crippen LogP contribution in [0.5, 0.6) is 0 Å². The number of carbonyl (C=O) groups is 1. The highest BCUT2D eigenvalue weighted by molar-refractivity contribution is 7.96. The van der Waals surface area contributed by atoms with Crippen molar-refractivity contribution in [2.75, 3.05) is 25.0 Å². The highest BCUT2D eigenvalue weighted by Gasteiger charge is 2.42. The van der Waals surface area contributed by atoms with Gasteiger partial charge < -0.3 is 14.8 Å². The molecule has 2 aliphatic rings. The summed E-state index contributed by atoms with van der Waals surface area (Å²) in [7, 11) is -3.56. The minimum atomic E-state index is -3.56. The number of carbonyl (C=O) groups excluding carboxylic acids is 1. The number of fused-ring (bicyclic) bond motifs is 1. The molecule has 0 radical (unpaired) electrons. The summed E-state index contributed by atoms with van der Waals surface area (Å²) in [5.74, 6) is -0.516. The van der Waals surface area contributed by atoms with Crippen molar-refractivity contribution in [2.45, 2.75) is 23.3 Å². The lowest BCUT2D eigenvalue weighted by atomic mass is 9.87. The minimum absolute atomic E-state index is 0.139. The third-order valence-electron chi connectivity index (χ3n) is 5.28. The molecule has 142 valence electrons. The smallest absolute Gasteiger partial charge is 0.253 e. The van der Waals surface area contributed by atoms with Gasteiger partial charge in [-0.15, -0.1) is 4.72 Å². The van der Waals surface area contributed by atoms with Crippen LogP contribution >= 0.6 is 0 Å². The van der Waals surface area contributed by atoms with Gasteiger partial charge in [-0.2, -0.15) is 0 Å². The van der Waals surface area contributed by atoms with Gasteiger partial charge in [0.1, 0.15) is 5.82 Å². The maximum absolute atomic E-state index is 13.1. The molecule has 2 heterocycles. The molecule has 2 aromatic rings. The van der Waals surface area contributed by atoms with E-state index in [1.165, 1.54) is 24.3 Å². The number of hydrogen-bond donors (Lipinski definition) is 2. The molecule has 1 amide bonds. The van der Waals surface area contributed by atoms with Gasteiger partial charge in [0.05, 0.1) is 17.8 Å². The molecule has 2 N–H and O–H groups in total. The van der Waals surface area contributed by atoms with Crippen LogP contribution in [0.3, 0.4) is 0 Å². The second kappa shape index (κ2) is 6.70. The monoisotopic (exact) mass is 389 g/mol. The van der Waals surface area contributed by atoms with Crippen LogP contribution < -0.4 is 10.0 Å². The topological polar surface area (TPSA) is 84.5 Å². The first-order valence-electron chi connectivity index (χ1n) is 8.80. The Kier molecular flexibility index (Phi) is 4.49. The van der Waals surface area contributed by atoms with Crippen LogP contribution in [0.4, 0.5) is 10.1 Å². The van der Waals surface area contributed by atoms with E-state index in [1.807, 2.05) is 0 Å². The Morgan fingerprint density at radius 1 is 1.11 bits per heavy atom. The SMILES string of the molecule is O=C(c1ccc(F)cc1)N1CCC2(CC1)CN[S+](=O)([O-])c1ccccc1N2. The number of benzene rings is 2. The van der Waals surface area contributed by atoms with E-state index >= 15 is 0 Å². The molecule has 1 atom stereocenters. The van der Waals surface area contributed by atoms with Crippen LogP contribution in [0.1, 0.15) is 23.2 Å². The van der Waals surface area contributed by atoms with Crippen molar-refractivity contribution in [2.24, 2.45) is 0 Å². The van der Waals surface area contributed by atoms with E-state index in [-0.39, 0.29) is 23.2 Å². The van der Waals surface area contributed by atoms with Gasteiger partial charge >= 0.3 is 0 Å². The number of sulfonamides is 1. The molecule has 0 saturated carbocycles. The molecule has 2 aliphatic heterocycles. The van der Waals surface area contributed by atoms with E-state index < -0.39 is 15.9 Å². The van der Waals surface area contributed by atoms with Gasteiger partial charge in [0.15, 0.2) is 15.3 Å². The molecule has 2 aromatic carbocycles. The van der Waals surface area contributed by atoms with Crippen molar-refractivity contribution in [3.05, 3.63) is 59.9 Å². The fourth-order valence-corrected chi connectivity index (χ4v) is 4.95. The number of halogens is 1. The molecule has 0 bridgehead atoms. The van der Waals surface area contributed by atoms with Crippen molar-refractivity contribution >= 4 is 22.0 Å². The maximum atomic E-state index is 13.1. The van der Waals surface area contributed by atoms with Crippen molar-refractivity contribution in [1.29, 1.82) is 0 Å². The molecule has 1 unspecified atom stereocenters. The van der Waals surface area contributed by atoms with Gasteiger partial charge in [-0.3, -0.25) is 4.79 Å². The Labute approximate surface area is 158 Å². The summed E-state index contributed by atoms with van der Waals surface area (Å²) in [6.07, 6.45) is 1.22. The van der Waals surface area contributed by atoms with Gasteiger partial charge in [0.2, 0.25) is 0 Å². The second-order valence-corrected chi connectivity index (χ2v) is 8.76. The number of piperidine rings is 1. The first-order chi connectivity index (χ1) is 12.9. The standard InChI is InChI=1S/C19H20FN3O3S/c20-15-7-5-14(6-8-15)18(24)23-11-9-19(10-12-23)13-21-27(25,26)17-4-2-1-3-16(17)22-19/h1-8H,9-13H2,(H2-,21,22,25,26). The number of amides is 1. The molecule has 1 saturated heterocycles. The highest BCUT2D eigenvalue weighted by Crippen LogP contribution is 2.35. The lowest BCUT2D eigenvalue weighted by molar-refractivity contribution is 0.0684. The predicted octanol–water partition coefficient (Wildman–Crippen LogP) is 2.42. The summed E-state index contributed by atoms with van der Waals surface area (Å²) in [5, 5.41) is 3.41. The third kappa shape index (κ3) is 3.47. The lowest BCUT2D eigenvalue weighted by Gasteiger charge is -2.41. The summed E-state index contributed by atoms with van der Waals surface area (Å²) in [4.78, 5) is 14.6. The van der Waals surface area contributed by atoms with E-state index in [1.54, 1.807) is 29.2 Å². The average molecular weight is 389 g/mol. The Morgan fingerprint density at radius 3 is 2.48 bits per heavy atom. The van der Waals surface area contributed by atoms with Crippen LogP contribution in [0.25, 0.3) is 0 Å². The van der Waals surface area contributed by atoms with E-state index in [4.69, 9.17) is 0 Å². The number of rotatable bonds is 1. The normalized spacial score (nSPS) is 24.0. The molecule has 4 rings (SSSR count). The lowest BCUT2D eigenvalue weighted by Crippen LogP contribution is -2.55. The number of nitrogens with one attached hydrogen (secondary N) is 2. The Morgan fingerprint density at radius 2 is 1.78 bits per heavy atom. The molecular weight excluding hydrogens is 369 g/mol. The van der Waals surface area contributed by atoms with E-state index in [9.17, 15) is 17.9 Å². The van der Waals surface area contributed by atoms with Crippen LogP contribution in [-0.4, -0.2) is 40.5 Å². The fourth-order valence-electron chi connectivity index (χ4n) is 3.66. The summed E-state index contributed by atoms with van der Waals surface area (Å²) < 4.78 is 40.7. The van der Waals surface area contributed by atoms with Crippen molar-refractivity contribution in [3.8, 4) is 0 Å². The van der Waals surface area contributed by atoms with Crippen LogP contribution in [-0.2, 0) is 14.6 Å².